The van der Waals surface area contributed by atoms with Gasteiger partial charge in [0, 0.05) is 19.2 Å². The van der Waals surface area contributed by atoms with Crippen LogP contribution in [0.4, 0.5) is 0 Å². The van der Waals surface area contributed by atoms with Crippen LogP contribution >= 0.6 is 0 Å². The number of nitrogens with zero attached hydrogens (tertiary/aromatic N) is 2. The summed E-state index contributed by atoms with van der Waals surface area (Å²) < 4.78 is 0. The molecule has 92 valence electrons. The summed E-state index contributed by atoms with van der Waals surface area (Å²) in [5.74, 6) is -0.145. The first-order valence-electron chi connectivity index (χ1n) is 5.72. The maximum Gasteiger partial charge on any atom is 0.274 e. The number of nitrogens with one attached hydrogen (secondary N) is 2. The SMILES string of the molecule is CN(C(=O)c1ccc(=O)[nH]n1)C1CCNCC1. The molecule has 1 aliphatic rings. The van der Waals surface area contributed by atoms with Crippen molar-refractivity contribution in [2.45, 2.75) is 18.9 Å². The van der Waals surface area contributed by atoms with Crippen LogP contribution in [0.25, 0.3) is 0 Å². The highest BCUT2D eigenvalue weighted by Gasteiger charge is 2.23. The molecule has 0 saturated carbocycles. The van der Waals surface area contributed by atoms with Crippen LogP contribution in [-0.4, -0.2) is 47.2 Å². The molecule has 0 atom stereocenters. The van der Waals surface area contributed by atoms with E-state index in [1.165, 1.54) is 12.1 Å². The molecule has 6 heteroatoms. The predicted molar refractivity (Wildman–Crippen MR) is 62.8 cm³/mol. The maximum atomic E-state index is 12.1. The third kappa shape index (κ3) is 2.71. The van der Waals surface area contributed by atoms with E-state index in [0.29, 0.717) is 0 Å². The van der Waals surface area contributed by atoms with E-state index in [4.69, 9.17) is 0 Å². The van der Waals surface area contributed by atoms with Crippen LogP contribution in [0.2, 0.25) is 0 Å². The van der Waals surface area contributed by atoms with E-state index in [-0.39, 0.29) is 23.2 Å². The van der Waals surface area contributed by atoms with Crippen molar-refractivity contribution in [2.75, 3.05) is 20.1 Å². The zero-order valence-electron chi connectivity index (χ0n) is 9.77. The van der Waals surface area contributed by atoms with Gasteiger partial charge in [0.05, 0.1) is 0 Å². The zero-order chi connectivity index (χ0) is 12.3. The Morgan fingerprint density at radius 1 is 1.41 bits per heavy atom. The van der Waals surface area contributed by atoms with Gasteiger partial charge in [-0.05, 0) is 32.0 Å². The Labute approximate surface area is 99.0 Å². The predicted octanol–water partition coefficient (Wildman–Crippen LogP) is -0.406. The Balaban J connectivity index is 2.08. The van der Waals surface area contributed by atoms with Crippen molar-refractivity contribution in [3.63, 3.8) is 0 Å². The highest BCUT2D eigenvalue weighted by Crippen LogP contribution is 2.11. The van der Waals surface area contributed by atoms with Crippen molar-refractivity contribution in [1.82, 2.24) is 20.4 Å². The molecule has 0 aromatic carbocycles. The van der Waals surface area contributed by atoms with Gasteiger partial charge in [0.1, 0.15) is 5.69 Å². The first-order chi connectivity index (χ1) is 8.18. The number of carbonyl (C=O) groups is 1. The van der Waals surface area contributed by atoms with E-state index in [0.717, 1.165) is 25.9 Å². The molecule has 1 saturated heterocycles. The largest absolute Gasteiger partial charge is 0.337 e. The molecule has 0 unspecified atom stereocenters. The quantitative estimate of drug-likeness (QED) is 0.732. The lowest BCUT2D eigenvalue weighted by molar-refractivity contribution is 0.0696. The second kappa shape index (κ2) is 5.09. The number of hydrogen-bond donors (Lipinski definition) is 2. The number of rotatable bonds is 2. The van der Waals surface area contributed by atoms with Crippen LogP contribution in [-0.2, 0) is 0 Å². The summed E-state index contributed by atoms with van der Waals surface area (Å²) in [4.78, 5) is 24.7. The summed E-state index contributed by atoms with van der Waals surface area (Å²) in [5.41, 5.74) is -0.0169. The molecule has 2 N–H and O–H groups in total. The van der Waals surface area contributed by atoms with Crippen LogP contribution < -0.4 is 10.9 Å². The summed E-state index contributed by atoms with van der Waals surface area (Å²) in [6.45, 7) is 1.86. The Bertz CT molecular complexity index is 431. The Morgan fingerprint density at radius 3 is 2.71 bits per heavy atom. The van der Waals surface area contributed by atoms with Gasteiger partial charge in [-0.25, -0.2) is 5.10 Å². The van der Waals surface area contributed by atoms with Gasteiger partial charge in [-0.15, -0.1) is 0 Å². The molecule has 1 fully saturated rings. The smallest absolute Gasteiger partial charge is 0.274 e. The van der Waals surface area contributed by atoms with E-state index in [2.05, 4.69) is 15.5 Å². The fourth-order valence-corrected chi connectivity index (χ4v) is 2.00. The Hall–Kier alpha value is -1.69. The molecule has 6 nitrogen and oxygen atoms in total. The second-order valence-electron chi connectivity index (χ2n) is 4.20. The number of hydrogen-bond acceptors (Lipinski definition) is 4. The molecule has 2 rings (SSSR count). The second-order valence-corrected chi connectivity index (χ2v) is 4.20. The Morgan fingerprint density at radius 2 is 2.12 bits per heavy atom. The van der Waals surface area contributed by atoms with Gasteiger partial charge in [0.15, 0.2) is 0 Å². The Kier molecular flexibility index (Phi) is 3.53. The standard InChI is InChI=1S/C11H16N4O2/c1-15(8-4-6-12-7-5-8)11(17)9-2-3-10(16)14-13-9/h2-3,8,12H,4-7H2,1H3,(H,14,16). The van der Waals surface area contributed by atoms with Crippen LogP contribution in [0.1, 0.15) is 23.3 Å². The molecule has 2 heterocycles. The minimum atomic E-state index is -0.300. The molecule has 1 aliphatic heterocycles. The van der Waals surface area contributed by atoms with Gasteiger partial charge >= 0.3 is 0 Å². The van der Waals surface area contributed by atoms with Gasteiger partial charge in [0.2, 0.25) is 0 Å². The first kappa shape index (κ1) is 11.8. The monoisotopic (exact) mass is 236 g/mol. The molecular formula is C11H16N4O2. The van der Waals surface area contributed by atoms with E-state index in [9.17, 15) is 9.59 Å². The summed E-state index contributed by atoms with van der Waals surface area (Å²) >= 11 is 0. The summed E-state index contributed by atoms with van der Waals surface area (Å²) in [7, 11) is 1.78. The van der Waals surface area contributed by atoms with Crippen LogP contribution in [0.3, 0.4) is 0 Å². The van der Waals surface area contributed by atoms with E-state index in [1.807, 2.05) is 0 Å². The lowest BCUT2D eigenvalue weighted by Crippen LogP contribution is -2.44. The topological polar surface area (TPSA) is 78.1 Å². The number of carbonyl (C=O) groups excluding carboxylic acids is 1. The van der Waals surface area contributed by atoms with Crippen LogP contribution in [0, 0.1) is 0 Å². The molecular weight excluding hydrogens is 220 g/mol. The number of aromatic amines is 1. The normalized spacial score (nSPS) is 16.8. The van der Waals surface area contributed by atoms with Crippen molar-refractivity contribution in [3.05, 3.63) is 28.2 Å². The molecule has 17 heavy (non-hydrogen) atoms. The maximum absolute atomic E-state index is 12.1. The first-order valence-corrected chi connectivity index (χ1v) is 5.72. The minimum absolute atomic E-state index is 0.145. The van der Waals surface area contributed by atoms with Gasteiger partial charge in [-0.1, -0.05) is 0 Å². The molecule has 0 spiro atoms. The molecule has 0 aliphatic carbocycles. The average Bonchev–Trinajstić information content (AvgIpc) is 2.39. The third-order valence-electron chi connectivity index (χ3n) is 3.07. The van der Waals surface area contributed by atoms with Gasteiger partial charge in [0.25, 0.3) is 11.5 Å². The summed E-state index contributed by atoms with van der Waals surface area (Å²) in [5, 5.41) is 9.28. The van der Waals surface area contributed by atoms with Gasteiger partial charge in [-0.3, -0.25) is 9.59 Å². The van der Waals surface area contributed by atoms with Gasteiger partial charge in [-0.2, -0.15) is 5.10 Å². The molecule has 1 aromatic rings. The summed E-state index contributed by atoms with van der Waals surface area (Å²) in [6, 6.07) is 3.02. The molecule has 0 radical (unpaired) electrons. The number of piperidine rings is 1. The fraction of sp³-hybridized carbons (Fsp3) is 0.545. The number of amides is 1. The fourth-order valence-electron chi connectivity index (χ4n) is 2.00. The average molecular weight is 236 g/mol. The third-order valence-corrected chi connectivity index (χ3v) is 3.07. The molecule has 1 amide bonds. The number of aromatic nitrogens is 2. The highest BCUT2D eigenvalue weighted by molar-refractivity contribution is 5.92. The highest BCUT2D eigenvalue weighted by atomic mass is 16.2. The number of H-pyrrole nitrogens is 1. The summed E-state index contributed by atoms with van der Waals surface area (Å²) in [6.07, 6.45) is 1.90. The van der Waals surface area contributed by atoms with Crippen molar-refractivity contribution in [2.24, 2.45) is 0 Å². The van der Waals surface area contributed by atoms with Gasteiger partial charge < -0.3 is 10.2 Å². The van der Waals surface area contributed by atoms with Crippen molar-refractivity contribution in [3.8, 4) is 0 Å². The van der Waals surface area contributed by atoms with Crippen molar-refractivity contribution < 1.29 is 4.79 Å². The minimum Gasteiger partial charge on any atom is -0.337 e. The molecule has 1 aromatic heterocycles. The van der Waals surface area contributed by atoms with Crippen LogP contribution in [0.5, 0.6) is 0 Å². The van der Waals surface area contributed by atoms with Crippen LogP contribution in [0.15, 0.2) is 16.9 Å². The lowest BCUT2D eigenvalue weighted by atomic mass is 10.1. The molecule has 0 bridgehead atoms. The zero-order valence-corrected chi connectivity index (χ0v) is 9.77. The van der Waals surface area contributed by atoms with Crippen molar-refractivity contribution >= 4 is 5.91 Å². The van der Waals surface area contributed by atoms with E-state index >= 15 is 0 Å². The lowest BCUT2D eigenvalue weighted by Gasteiger charge is -2.31. The van der Waals surface area contributed by atoms with E-state index in [1.54, 1.807) is 11.9 Å². The van der Waals surface area contributed by atoms with E-state index < -0.39 is 0 Å². The van der Waals surface area contributed by atoms with Crippen molar-refractivity contribution in [1.29, 1.82) is 0 Å².